The van der Waals surface area contributed by atoms with Crippen molar-refractivity contribution in [1.82, 2.24) is 0 Å². The summed E-state index contributed by atoms with van der Waals surface area (Å²) in [5, 5.41) is 2.30. The van der Waals surface area contributed by atoms with Crippen LogP contribution in [-0.4, -0.2) is 34.4 Å². The van der Waals surface area contributed by atoms with Gasteiger partial charge in [-0.05, 0) is 33.1 Å². The van der Waals surface area contributed by atoms with Gasteiger partial charge in [0.1, 0.15) is 12.0 Å². The molecule has 3 rings (SSSR count). The number of carbonyl (C=O) groups is 1. The van der Waals surface area contributed by atoms with E-state index in [4.69, 9.17) is 13.9 Å². The number of rotatable bonds is 11. The Morgan fingerprint density at radius 3 is 1.85 bits per heavy atom. The molecule has 0 aliphatic rings. The predicted octanol–water partition coefficient (Wildman–Crippen LogP) is 4.75. The number of methoxy groups -OCH3 is 1. The highest BCUT2D eigenvalue weighted by molar-refractivity contribution is 6.99. The van der Waals surface area contributed by atoms with E-state index in [1.807, 2.05) is 36.4 Å². The van der Waals surface area contributed by atoms with Gasteiger partial charge in [0.05, 0.1) is 26.4 Å². The Kier molecular flexibility index (Phi) is 8.61. The second kappa shape index (κ2) is 11.4. The maximum atomic E-state index is 11.4. The Morgan fingerprint density at radius 2 is 1.39 bits per heavy atom. The minimum absolute atomic E-state index is 0.128. The zero-order valence-electron chi connectivity index (χ0n) is 20.0. The molecule has 1 atom stereocenters. The fourth-order valence-corrected chi connectivity index (χ4v) is 8.80. The van der Waals surface area contributed by atoms with E-state index >= 15 is 0 Å². The largest absolute Gasteiger partial charge is 0.497 e. The third-order valence-electron chi connectivity index (χ3n) is 5.91. The zero-order chi connectivity index (χ0) is 23.7. The minimum atomic E-state index is -2.67. The van der Waals surface area contributed by atoms with Crippen LogP contribution >= 0.6 is 0 Å². The first kappa shape index (κ1) is 24.9. The maximum Gasteiger partial charge on any atom is 0.261 e. The van der Waals surface area contributed by atoms with Gasteiger partial charge in [0.25, 0.3) is 8.32 Å². The van der Waals surface area contributed by atoms with Crippen LogP contribution < -0.4 is 15.1 Å². The molecule has 0 aromatic heterocycles. The van der Waals surface area contributed by atoms with Crippen LogP contribution in [0.25, 0.3) is 0 Å². The SMILES string of the molecule is COc1ccc(COC(CC=O)CO[Si](c2ccccc2)(c2ccccc2)C(C)(C)C)cc1. The predicted molar refractivity (Wildman–Crippen MR) is 136 cm³/mol. The van der Waals surface area contributed by atoms with Gasteiger partial charge in [0, 0.05) is 6.42 Å². The van der Waals surface area contributed by atoms with Gasteiger partial charge >= 0.3 is 0 Å². The van der Waals surface area contributed by atoms with Crippen LogP contribution in [0.2, 0.25) is 5.04 Å². The number of hydrogen-bond acceptors (Lipinski definition) is 4. The Bertz CT molecular complexity index is 942. The van der Waals surface area contributed by atoms with Crippen LogP contribution in [0.5, 0.6) is 5.75 Å². The summed E-state index contributed by atoms with van der Waals surface area (Å²) in [6, 6.07) is 28.8. The van der Waals surface area contributed by atoms with Gasteiger partial charge < -0.3 is 18.7 Å². The quantitative estimate of drug-likeness (QED) is 0.305. The number of hydrogen-bond donors (Lipinski definition) is 0. The van der Waals surface area contributed by atoms with Crippen LogP contribution in [0.1, 0.15) is 32.8 Å². The molecule has 0 heterocycles. The molecule has 3 aromatic rings. The molecule has 1 unspecified atom stereocenters. The van der Waals surface area contributed by atoms with E-state index in [0.29, 0.717) is 13.2 Å². The van der Waals surface area contributed by atoms with Crippen LogP contribution in [-0.2, 0) is 20.6 Å². The molecule has 4 nitrogen and oxygen atoms in total. The molecule has 0 aliphatic heterocycles. The van der Waals surface area contributed by atoms with Crippen LogP contribution in [0.3, 0.4) is 0 Å². The second-order valence-corrected chi connectivity index (χ2v) is 13.5. The lowest BCUT2D eigenvalue weighted by molar-refractivity contribution is -0.111. The lowest BCUT2D eigenvalue weighted by Crippen LogP contribution is -2.67. The molecule has 0 fully saturated rings. The van der Waals surface area contributed by atoms with E-state index in [9.17, 15) is 4.79 Å². The normalized spacial score (nSPS) is 12.8. The van der Waals surface area contributed by atoms with Gasteiger partial charge in [-0.1, -0.05) is 93.6 Å². The minimum Gasteiger partial charge on any atom is -0.497 e. The summed E-state index contributed by atoms with van der Waals surface area (Å²) in [4.78, 5) is 11.4. The zero-order valence-corrected chi connectivity index (χ0v) is 21.0. The summed E-state index contributed by atoms with van der Waals surface area (Å²) in [7, 11) is -1.03. The van der Waals surface area contributed by atoms with Crippen LogP contribution in [0.15, 0.2) is 84.9 Å². The molecule has 0 saturated heterocycles. The molecule has 5 heteroatoms. The fraction of sp³-hybridized carbons (Fsp3) is 0.321. The summed E-state index contributed by atoms with van der Waals surface area (Å²) >= 11 is 0. The highest BCUT2D eigenvalue weighted by atomic mass is 28.4. The van der Waals surface area contributed by atoms with Crippen molar-refractivity contribution >= 4 is 25.0 Å². The Morgan fingerprint density at radius 1 is 0.848 bits per heavy atom. The molecule has 0 N–H and O–H groups in total. The molecular formula is C28H34O4Si. The first-order chi connectivity index (χ1) is 15.9. The second-order valence-electron chi connectivity index (χ2n) is 9.16. The van der Waals surface area contributed by atoms with Gasteiger partial charge in [-0.15, -0.1) is 0 Å². The average molecular weight is 463 g/mol. The number of ether oxygens (including phenoxy) is 2. The van der Waals surface area contributed by atoms with Crippen molar-refractivity contribution in [3.05, 3.63) is 90.5 Å². The van der Waals surface area contributed by atoms with Crippen molar-refractivity contribution in [1.29, 1.82) is 0 Å². The third-order valence-corrected chi connectivity index (χ3v) is 10.9. The summed E-state index contributed by atoms with van der Waals surface area (Å²) in [6.07, 6.45) is 0.869. The van der Waals surface area contributed by atoms with Crippen LogP contribution in [0, 0.1) is 0 Å². The van der Waals surface area contributed by atoms with Crippen LogP contribution in [0.4, 0.5) is 0 Å². The van der Waals surface area contributed by atoms with Gasteiger partial charge in [-0.2, -0.15) is 0 Å². The first-order valence-electron chi connectivity index (χ1n) is 11.3. The molecule has 174 valence electrons. The Balaban J connectivity index is 1.86. The summed E-state index contributed by atoms with van der Waals surface area (Å²) in [6.45, 7) is 7.49. The average Bonchev–Trinajstić information content (AvgIpc) is 2.83. The molecule has 3 aromatic carbocycles. The summed E-state index contributed by atoms with van der Waals surface area (Å²) in [5.74, 6) is 0.804. The number of aldehydes is 1. The summed E-state index contributed by atoms with van der Waals surface area (Å²) in [5.41, 5.74) is 1.03. The molecule has 0 radical (unpaired) electrons. The lowest BCUT2D eigenvalue weighted by Gasteiger charge is -2.43. The van der Waals surface area contributed by atoms with Crippen molar-refractivity contribution in [2.45, 2.75) is 44.9 Å². The topological polar surface area (TPSA) is 44.8 Å². The standard InChI is InChI=1S/C28H34O4Si/c1-28(2,3)33(26-11-7-5-8-12-26,27-13-9-6-10-14-27)32-22-25(19-20-29)31-21-23-15-17-24(30-4)18-16-23/h5-18,20,25H,19,21-22H2,1-4H3. The van der Waals surface area contributed by atoms with Crippen molar-refractivity contribution in [3.8, 4) is 5.75 Å². The molecule has 33 heavy (non-hydrogen) atoms. The van der Waals surface area contributed by atoms with E-state index in [1.165, 1.54) is 10.4 Å². The van der Waals surface area contributed by atoms with Crippen molar-refractivity contribution in [3.63, 3.8) is 0 Å². The van der Waals surface area contributed by atoms with Gasteiger partial charge in [0.2, 0.25) is 0 Å². The third kappa shape index (κ3) is 5.99. The van der Waals surface area contributed by atoms with E-state index in [1.54, 1.807) is 7.11 Å². The number of carbonyl (C=O) groups excluding carboxylic acids is 1. The molecular weight excluding hydrogens is 428 g/mol. The van der Waals surface area contributed by atoms with E-state index in [2.05, 4.69) is 69.3 Å². The number of benzene rings is 3. The molecule has 0 bridgehead atoms. The van der Waals surface area contributed by atoms with E-state index in [0.717, 1.165) is 17.6 Å². The maximum absolute atomic E-state index is 11.4. The van der Waals surface area contributed by atoms with E-state index in [-0.39, 0.29) is 17.6 Å². The summed E-state index contributed by atoms with van der Waals surface area (Å²) < 4.78 is 18.3. The fourth-order valence-electron chi connectivity index (χ4n) is 4.21. The van der Waals surface area contributed by atoms with Crippen molar-refractivity contribution < 1.29 is 18.7 Å². The lowest BCUT2D eigenvalue weighted by atomic mass is 10.2. The molecule has 0 aliphatic carbocycles. The Hall–Kier alpha value is -2.73. The smallest absolute Gasteiger partial charge is 0.261 e. The highest BCUT2D eigenvalue weighted by Crippen LogP contribution is 2.37. The van der Waals surface area contributed by atoms with Gasteiger partial charge in [-0.3, -0.25) is 0 Å². The Labute approximate surface area is 198 Å². The van der Waals surface area contributed by atoms with Gasteiger partial charge in [-0.25, -0.2) is 0 Å². The molecule has 0 saturated carbocycles. The molecule has 0 spiro atoms. The monoisotopic (exact) mass is 462 g/mol. The highest BCUT2D eigenvalue weighted by Gasteiger charge is 2.50. The van der Waals surface area contributed by atoms with E-state index < -0.39 is 8.32 Å². The van der Waals surface area contributed by atoms with Gasteiger partial charge in [0.15, 0.2) is 0 Å². The first-order valence-corrected chi connectivity index (χ1v) is 13.2. The molecule has 0 amide bonds. The van der Waals surface area contributed by atoms with Crippen molar-refractivity contribution in [2.24, 2.45) is 0 Å². The van der Waals surface area contributed by atoms with Crippen molar-refractivity contribution in [2.75, 3.05) is 13.7 Å².